The van der Waals surface area contributed by atoms with E-state index >= 15 is 0 Å². The zero-order valence-corrected chi connectivity index (χ0v) is 11.2. The number of likely N-dealkylation sites (N-methyl/N-ethyl adjacent to an activating group) is 1. The molecule has 4 heteroatoms. The first-order valence-corrected chi connectivity index (χ1v) is 6.48. The van der Waals surface area contributed by atoms with Crippen LogP contribution in [0.25, 0.3) is 11.0 Å². The molecule has 1 aromatic carbocycles. The van der Waals surface area contributed by atoms with Crippen LogP contribution in [0.3, 0.4) is 0 Å². The van der Waals surface area contributed by atoms with Gasteiger partial charge in [0, 0.05) is 23.0 Å². The fourth-order valence-corrected chi connectivity index (χ4v) is 2.88. The number of hydrogen-bond donors (Lipinski definition) is 1. The van der Waals surface area contributed by atoms with Crippen molar-refractivity contribution in [3.63, 3.8) is 0 Å². The molecule has 2 unspecified atom stereocenters. The molecule has 1 aliphatic rings. The fourth-order valence-electron chi connectivity index (χ4n) is 2.70. The third-order valence-electron chi connectivity index (χ3n) is 3.83. The molecule has 0 radical (unpaired) electrons. The smallest absolute Gasteiger partial charge is 0.138 e. The summed E-state index contributed by atoms with van der Waals surface area (Å²) in [6.45, 7) is 2.71. The molecule has 3 rings (SSSR count). The molecule has 2 atom stereocenters. The van der Waals surface area contributed by atoms with Gasteiger partial charge in [-0.05, 0) is 44.7 Å². The molecule has 0 spiro atoms. The summed E-state index contributed by atoms with van der Waals surface area (Å²) >= 11 is 5.96. The molecular weight excluding hydrogens is 250 g/mol. The van der Waals surface area contributed by atoms with Crippen LogP contribution >= 0.6 is 11.6 Å². The first kappa shape index (κ1) is 12.0. The minimum Gasteiger partial charge on any atom is -0.458 e. The lowest BCUT2D eigenvalue weighted by Gasteiger charge is -2.19. The number of likely N-dealkylation sites (tertiary alicyclic amines) is 1. The molecule has 0 bridgehead atoms. The second-order valence-electron chi connectivity index (χ2n) is 5.29. The molecule has 2 aromatic rings. The Bertz CT molecular complexity index is 582. The number of β-amino-alcohol motifs (C(OH)–C–C–N with tert-alkyl or cyclic N) is 1. The van der Waals surface area contributed by atoms with E-state index in [0.717, 1.165) is 11.0 Å². The van der Waals surface area contributed by atoms with E-state index in [-0.39, 0.29) is 0 Å². The number of benzene rings is 1. The Balaban J connectivity index is 2.04. The van der Waals surface area contributed by atoms with Gasteiger partial charge in [-0.15, -0.1) is 0 Å². The minimum atomic E-state index is -0.889. The van der Waals surface area contributed by atoms with Gasteiger partial charge in [0.1, 0.15) is 16.9 Å². The Morgan fingerprint density at radius 2 is 2.22 bits per heavy atom. The molecule has 1 saturated heterocycles. The summed E-state index contributed by atoms with van der Waals surface area (Å²) < 4.78 is 5.77. The lowest BCUT2D eigenvalue weighted by molar-refractivity contribution is 0.0278. The monoisotopic (exact) mass is 265 g/mol. The number of hydrogen-bond acceptors (Lipinski definition) is 3. The predicted molar refractivity (Wildman–Crippen MR) is 71.8 cm³/mol. The summed E-state index contributed by atoms with van der Waals surface area (Å²) in [5, 5.41) is 12.3. The molecule has 2 heterocycles. The van der Waals surface area contributed by atoms with E-state index < -0.39 is 5.60 Å². The van der Waals surface area contributed by atoms with E-state index in [1.165, 1.54) is 0 Å². The second kappa shape index (κ2) is 3.98. The van der Waals surface area contributed by atoms with Crippen LogP contribution in [0.5, 0.6) is 0 Å². The average Bonchev–Trinajstić information content (AvgIpc) is 2.81. The maximum Gasteiger partial charge on any atom is 0.138 e. The van der Waals surface area contributed by atoms with Crippen LogP contribution in [-0.2, 0) is 5.60 Å². The van der Waals surface area contributed by atoms with Crippen LogP contribution in [-0.4, -0.2) is 29.6 Å². The maximum absolute atomic E-state index is 10.7. The quantitative estimate of drug-likeness (QED) is 0.861. The summed E-state index contributed by atoms with van der Waals surface area (Å²) in [7, 11) is 2.02. The van der Waals surface area contributed by atoms with Gasteiger partial charge in [-0.3, -0.25) is 0 Å². The van der Waals surface area contributed by atoms with Crippen molar-refractivity contribution in [2.75, 3.05) is 13.6 Å². The van der Waals surface area contributed by atoms with Gasteiger partial charge in [0.05, 0.1) is 0 Å². The van der Waals surface area contributed by atoms with Crippen molar-refractivity contribution in [1.29, 1.82) is 0 Å². The van der Waals surface area contributed by atoms with Crippen LogP contribution in [0.15, 0.2) is 28.7 Å². The highest BCUT2D eigenvalue weighted by Crippen LogP contribution is 2.37. The van der Waals surface area contributed by atoms with Gasteiger partial charge in [0.15, 0.2) is 0 Å². The number of aliphatic hydroxyl groups is 1. The molecule has 1 fully saturated rings. The Morgan fingerprint density at radius 1 is 1.44 bits per heavy atom. The zero-order valence-electron chi connectivity index (χ0n) is 10.5. The average molecular weight is 266 g/mol. The van der Waals surface area contributed by atoms with Gasteiger partial charge in [0.2, 0.25) is 0 Å². The molecule has 0 saturated carbocycles. The van der Waals surface area contributed by atoms with E-state index in [1.54, 1.807) is 6.07 Å². The highest BCUT2D eigenvalue weighted by Gasteiger charge is 2.42. The molecule has 0 aliphatic carbocycles. The van der Waals surface area contributed by atoms with Crippen molar-refractivity contribution in [3.05, 3.63) is 35.0 Å². The largest absolute Gasteiger partial charge is 0.458 e. The van der Waals surface area contributed by atoms with Crippen molar-refractivity contribution in [2.45, 2.75) is 25.0 Å². The van der Waals surface area contributed by atoms with Crippen LogP contribution in [0.2, 0.25) is 5.02 Å². The molecule has 1 aliphatic heterocycles. The molecule has 1 aromatic heterocycles. The molecule has 96 valence electrons. The van der Waals surface area contributed by atoms with E-state index in [2.05, 4.69) is 11.8 Å². The molecule has 3 nitrogen and oxygen atoms in total. The van der Waals surface area contributed by atoms with Gasteiger partial charge in [-0.25, -0.2) is 0 Å². The van der Waals surface area contributed by atoms with E-state index in [0.29, 0.717) is 29.8 Å². The van der Waals surface area contributed by atoms with Gasteiger partial charge < -0.3 is 14.4 Å². The maximum atomic E-state index is 10.7. The first-order valence-electron chi connectivity index (χ1n) is 6.10. The first-order chi connectivity index (χ1) is 8.48. The highest BCUT2D eigenvalue weighted by atomic mass is 35.5. The summed E-state index contributed by atoms with van der Waals surface area (Å²) in [5.74, 6) is 0.635. The predicted octanol–water partition coefficient (Wildman–Crippen LogP) is 3.00. The normalized spacial score (nSPS) is 29.2. The number of fused-ring (bicyclic) bond motifs is 1. The summed E-state index contributed by atoms with van der Waals surface area (Å²) in [4.78, 5) is 2.14. The third kappa shape index (κ3) is 1.83. The van der Waals surface area contributed by atoms with Crippen LogP contribution in [0.4, 0.5) is 0 Å². The number of furan rings is 1. The lowest BCUT2D eigenvalue weighted by Crippen LogP contribution is -2.28. The SMILES string of the molecule is CC1CC(O)(c2cc3cc(Cl)ccc3o2)CN1C. The van der Waals surface area contributed by atoms with E-state index in [4.69, 9.17) is 16.0 Å². The van der Waals surface area contributed by atoms with E-state index in [1.807, 2.05) is 25.2 Å². The minimum absolute atomic E-state index is 0.354. The van der Waals surface area contributed by atoms with Gasteiger partial charge >= 0.3 is 0 Å². The second-order valence-corrected chi connectivity index (χ2v) is 5.73. The lowest BCUT2D eigenvalue weighted by atomic mass is 9.97. The number of nitrogens with zero attached hydrogens (tertiary/aromatic N) is 1. The van der Waals surface area contributed by atoms with Crippen molar-refractivity contribution in [3.8, 4) is 0 Å². The Labute approximate surface area is 111 Å². The van der Waals surface area contributed by atoms with Crippen LogP contribution in [0.1, 0.15) is 19.1 Å². The van der Waals surface area contributed by atoms with Crippen LogP contribution in [0, 0.1) is 0 Å². The summed E-state index contributed by atoms with van der Waals surface area (Å²) in [6.07, 6.45) is 0.692. The molecule has 1 N–H and O–H groups in total. The third-order valence-corrected chi connectivity index (χ3v) is 4.07. The van der Waals surface area contributed by atoms with Gasteiger partial charge in [-0.1, -0.05) is 11.6 Å². The summed E-state index contributed by atoms with van der Waals surface area (Å²) in [5.41, 5.74) is -0.121. The molecule has 18 heavy (non-hydrogen) atoms. The Morgan fingerprint density at radius 3 is 2.89 bits per heavy atom. The topological polar surface area (TPSA) is 36.6 Å². The van der Waals surface area contributed by atoms with Gasteiger partial charge in [0.25, 0.3) is 0 Å². The Hall–Kier alpha value is -1.03. The van der Waals surface area contributed by atoms with E-state index in [9.17, 15) is 5.11 Å². The number of halogens is 1. The summed E-state index contributed by atoms with van der Waals surface area (Å²) in [6, 6.07) is 7.74. The standard InChI is InChI=1S/C14H16ClNO2/c1-9-7-14(17,8-16(9)2)13-6-10-5-11(15)3-4-12(10)18-13/h3-6,9,17H,7-8H2,1-2H3. The van der Waals surface area contributed by atoms with Crippen molar-refractivity contribution in [1.82, 2.24) is 4.90 Å². The fraction of sp³-hybridized carbons (Fsp3) is 0.429. The molecular formula is C14H16ClNO2. The van der Waals surface area contributed by atoms with Crippen molar-refractivity contribution >= 4 is 22.6 Å². The number of rotatable bonds is 1. The van der Waals surface area contributed by atoms with Gasteiger partial charge in [-0.2, -0.15) is 0 Å². The van der Waals surface area contributed by atoms with Crippen molar-refractivity contribution in [2.24, 2.45) is 0 Å². The zero-order chi connectivity index (χ0) is 12.9. The Kier molecular flexibility index (Phi) is 2.66. The highest BCUT2D eigenvalue weighted by molar-refractivity contribution is 6.31. The van der Waals surface area contributed by atoms with Crippen molar-refractivity contribution < 1.29 is 9.52 Å². The molecule has 0 amide bonds. The van der Waals surface area contributed by atoms with Crippen LogP contribution < -0.4 is 0 Å².